The predicted molar refractivity (Wildman–Crippen MR) is 118 cm³/mol. The molecule has 0 radical (unpaired) electrons. The minimum absolute atomic E-state index is 0.0225. The summed E-state index contributed by atoms with van der Waals surface area (Å²) < 4.78 is 2.52. The van der Waals surface area contributed by atoms with Crippen molar-refractivity contribution in [2.45, 2.75) is 73.3 Å². The summed E-state index contributed by atoms with van der Waals surface area (Å²) in [6.07, 6.45) is 11.5. The molecule has 0 aromatic heterocycles. The molecule has 0 saturated carbocycles. The summed E-state index contributed by atoms with van der Waals surface area (Å²) in [7, 11) is 0. The van der Waals surface area contributed by atoms with Crippen LogP contribution in [0.1, 0.15) is 66.0 Å². The van der Waals surface area contributed by atoms with Crippen LogP contribution < -0.4 is 0 Å². The molecular formula is C25H38N+. The molecule has 1 heterocycles. The second-order valence-electron chi connectivity index (χ2n) is 7.60. The van der Waals surface area contributed by atoms with Gasteiger partial charge in [-0.15, -0.1) is 0 Å². The van der Waals surface area contributed by atoms with Crippen molar-refractivity contribution in [1.29, 1.82) is 0 Å². The van der Waals surface area contributed by atoms with E-state index < -0.39 is 0 Å². The quantitative estimate of drug-likeness (QED) is 0.381. The molecule has 1 heteroatoms. The zero-order valence-corrected chi connectivity index (χ0v) is 18.0. The lowest BCUT2D eigenvalue weighted by Gasteiger charge is -2.23. The van der Waals surface area contributed by atoms with E-state index in [9.17, 15) is 0 Å². The highest BCUT2D eigenvalue weighted by Gasteiger charge is 2.50. The SMILES string of the molecule is C=C/C=C(\C=C)C1(C)C=[N+](c2c(CC)cccc2CC)C(C)(C)C1.CC. The Hall–Kier alpha value is -1.89. The molecule has 1 unspecified atom stereocenters. The molecule has 0 saturated heterocycles. The van der Waals surface area contributed by atoms with Crippen molar-refractivity contribution in [3.63, 3.8) is 0 Å². The molecule has 2 rings (SSSR count). The Balaban J connectivity index is 0.00000163. The zero-order valence-electron chi connectivity index (χ0n) is 18.0. The summed E-state index contributed by atoms with van der Waals surface area (Å²) in [5, 5.41) is 0. The maximum Gasteiger partial charge on any atom is 0.211 e. The van der Waals surface area contributed by atoms with Crippen LogP contribution in [0, 0.1) is 5.41 Å². The van der Waals surface area contributed by atoms with Gasteiger partial charge in [-0.25, -0.2) is 0 Å². The van der Waals surface area contributed by atoms with E-state index in [0.717, 1.165) is 19.3 Å². The molecular weight excluding hydrogens is 314 g/mol. The third-order valence-electron chi connectivity index (χ3n) is 5.25. The van der Waals surface area contributed by atoms with Gasteiger partial charge < -0.3 is 0 Å². The lowest BCUT2D eigenvalue weighted by Crippen LogP contribution is -2.30. The van der Waals surface area contributed by atoms with E-state index in [-0.39, 0.29) is 11.0 Å². The first-order valence-corrected chi connectivity index (χ1v) is 10.0. The molecule has 1 aliphatic rings. The first-order valence-electron chi connectivity index (χ1n) is 10.0. The van der Waals surface area contributed by atoms with Crippen LogP contribution in [-0.4, -0.2) is 16.3 Å². The number of nitrogens with zero attached hydrogens (tertiary/aromatic N) is 1. The summed E-state index contributed by atoms with van der Waals surface area (Å²) in [5.41, 5.74) is 5.53. The highest BCUT2D eigenvalue weighted by Crippen LogP contribution is 2.45. The lowest BCUT2D eigenvalue weighted by atomic mass is 9.77. The van der Waals surface area contributed by atoms with E-state index in [1.165, 1.54) is 22.4 Å². The first kappa shape index (κ1) is 22.2. The van der Waals surface area contributed by atoms with E-state index >= 15 is 0 Å². The Bertz CT molecular complexity index is 681. The number of allylic oxidation sites excluding steroid dienone is 4. The van der Waals surface area contributed by atoms with Gasteiger partial charge in [0.05, 0.1) is 5.41 Å². The van der Waals surface area contributed by atoms with Gasteiger partial charge in [0, 0.05) is 31.4 Å². The number of para-hydroxylation sites is 1. The molecule has 1 aromatic carbocycles. The van der Waals surface area contributed by atoms with Crippen molar-refractivity contribution in [1.82, 2.24) is 0 Å². The van der Waals surface area contributed by atoms with Gasteiger partial charge in [0.15, 0.2) is 11.8 Å². The van der Waals surface area contributed by atoms with Gasteiger partial charge in [-0.2, -0.15) is 4.58 Å². The van der Waals surface area contributed by atoms with Crippen molar-refractivity contribution in [2.75, 3.05) is 0 Å². The Morgan fingerprint density at radius 3 is 2.04 bits per heavy atom. The maximum absolute atomic E-state index is 4.03. The van der Waals surface area contributed by atoms with Crippen LogP contribution in [0.5, 0.6) is 0 Å². The molecule has 26 heavy (non-hydrogen) atoms. The molecule has 142 valence electrons. The van der Waals surface area contributed by atoms with E-state index in [1.54, 1.807) is 0 Å². The van der Waals surface area contributed by atoms with E-state index in [2.05, 4.69) is 82.8 Å². The number of hydrogen-bond acceptors (Lipinski definition) is 0. The van der Waals surface area contributed by atoms with Crippen LogP contribution in [0.25, 0.3) is 0 Å². The van der Waals surface area contributed by atoms with Gasteiger partial charge in [0.25, 0.3) is 0 Å². The smallest absolute Gasteiger partial charge is 0.197 e. The highest BCUT2D eigenvalue weighted by molar-refractivity contribution is 5.72. The summed E-state index contributed by atoms with van der Waals surface area (Å²) >= 11 is 0. The molecule has 0 N–H and O–H groups in total. The van der Waals surface area contributed by atoms with Gasteiger partial charge in [0.2, 0.25) is 5.69 Å². The molecule has 0 fully saturated rings. The standard InChI is InChI=1S/C23H32N.C2H6/c1-8-13-20(11-4)23(7)16-22(5,6)24(17-23)21-18(9-2)14-12-15-19(21)10-3;1-2/h8,11-15,17H,1,4,9-10,16H2,2-3,5-7H3;1-2H3/q+1;/b20-13+;. The fraction of sp³-hybridized carbons (Fsp3) is 0.480. The van der Waals surface area contributed by atoms with Crippen molar-refractivity contribution in [2.24, 2.45) is 5.41 Å². The average Bonchev–Trinajstić information content (AvgIpc) is 2.89. The molecule has 0 amide bonds. The minimum Gasteiger partial charge on any atom is -0.197 e. The van der Waals surface area contributed by atoms with Gasteiger partial charge in [-0.1, -0.05) is 77.3 Å². The minimum atomic E-state index is -0.0225. The van der Waals surface area contributed by atoms with E-state index in [1.807, 2.05) is 26.0 Å². The van der Waals surface area contributed by atoms with Crippen LogP contribution in [0.15, 0.2) is 55.2 Å². The van der Waals surface area contributed by atoms with Crippen LogP contribution in [0.4, 0.5) is 5.69 Å². The van der Waals surface area contributed by atoms with Crippen molar-refractivity contribution >= 4 is 11.9 Å². The third-order valence-corrected chi connectivity index (χ3v) is 5.25. The van der Waals surface area contributed by atoms with Crippen LogP contribution in [0.3, 0.4) is 0 Å². The number of benzene rings is 1. The molecule has 1 atom stereocenters. The Morgan fingerprint density at radius 1 is 1.08 bits per heavy atom. The number of aryl methyl sites for hydroxylation is 2. The largest absolute Gasteiger partial charge is 0.211 e. The zero-order chi connectivity index (χ0) is 20.0. The second-order valence-corrected chi connectivity index (χ2v) is 7.60. The monoisotopic (exact) mass is 352 g/mol. The Kier molecular flexibility index (Phi) is 7.81. The van der Waals surface area contributed by atoms with Crippen molar-refractivity contribution < 1.29 is 4.58 Å². The Morgan fingerprint density at radius 2 is 1.62 bits per heavy atom. The molecule has 0 aliphatic carbocycles. The number of hydrogen-bond donors (Lipinski definition) is 0. The topological polar surface area (TPSA) is 3.01 Å². The number of rotatable bonds is 6. The van der Waals surface area contributed by atoms with Gasteiger partial charge in [0.1, 0.15) is 0 Å². The third kappa shape index (κ3) is 4.26. The lowest BCUT2D eigenvalue weighted by molar-refractivity contribution is -0.512. The van der Waals surface area contributed by atoms with Crippen LogP contribution in [0.2, 0.25) is 0 Å². The fourth-order valence-corrected chi connectivity index (χ4v) is 4.18. The second kappa shape index (κ2) is 9.16. The average molecular weight is 353 g/mol. The normalized spacial score (nSPS) is 21.5. The summed E-state index contributed by atoms with van der Waals surface area (Å²) in [6, 6.07) is 6.72. The van der Waals surface area contributed by atoms with E-state index in [0.29, 0.717) is 0 Å². The maximum atomic E-state index is 4.03. The Labute approximate surface area is 161 Å². The van der Waals surface area contributed by atoms with Crippen molar-refractivity contribution in [3.8, 4) is 0 Å². The first-order chi connectivity index (χ1) is 12.3. The summed E-state index contributed by atoms with van der Waals surface area (Å²) in [6.45, 7) is 23.4. The predicted octanol–water partition coefficient (Wildman–Crippen LogP) is 7.04. The summed E-state index contributed by atoms with van der Waals surface area (Å²) in [5.74, 6) is 0. The highest BCUT2D eigenvalue weighted by atomic mass is 15.1. The van der Waals surface area contributed by atoms with Crippen LogP contribution >= 0.6 is 0 Å². The molecule has 1 aliphatic heterocycles. The van der Waals surface area contributed by atoms with Gasteiger partial charge >= 0.3 is 0 Å². The molecule has 0 bridgehead atoms. The molecule has 0 spiro atoms. The molecule has 1 aromatic rings. The van der Waals surface area contributed by atoms with E-state index in [4.69, 9.17) is 0 Å². The molecule has 1 nitrogen and oxygen atoms in total. The summed E-state index contributed by atoms with van der Waals surface area (Å²) in [4.78, 5) is 0. The van der Waals surface area contributed by atoms with Crippen molar-refractivity contribution in [3.05, 3.63) is 66.3 Å². The fourth-order valence-electron chi connectivity index (χ4n) is 4.18. The van der Waals surface area contributed by atoms with Crippen LogP contribution in [-0.2, 0) is 12.8 Å². The van der Waals surface area contributed by atoms with Gasteiger partial charge in [-0.05, 0) is 25.3 Å². The van der Waals surface area contributed by atoms with Gasteiger partial charge in [-0.3, -0.25) is 0 Å².